The Bertz CT molecular complexity index is 686. The first-order valence-electron chi connectivity index (χ1n) is 8.86. The predicted octanol–water partition coefficient (Wildman–Crippen LogP) is 1.96. The minimum Gasteiger partial charge on any atom is -0.349 e. The minimum atomic E-state index is -3.54. The van der Waals surface area contributed by atoms with Crippen molar-refractivity contribution in [2.45, 2.75) is 56.5 Å². The quantitative estimate of drug-likeness (QED) is 0.804. The molecule has 0 aliphatic heterocycles. The number of benzene rings is 1. The molecule has 3 N–H and O–H groups in total. The number of nitrogens with two attached hydrogens (primary N) is 1. The summed E-state index contributed by atoms with van der Waals surface area (Å²) in [7, 11) is -1.98. The maximum atomic E-state index is 12.5. The van der Waals surface area contributed by atoms with Crippen molar-refractivity contribution in [1.82, 2.24) is 9.62 Å². The van der Waals surface area contributed by atoms with E-state index in [0.29, 0.717) is 18.0 Å². The molecule has 25 heavy (non-hydrogen) atoms. The Morgan fingerprint density at radius 2 is 1.84 bits per heavy atom. The number of carbonyl (C=O) groups is 1. The highest BCUT2D eigenvalue weighted by atomic mass is 32.2. The molecule has 0 bridgehead atoms. The lowest BCUT2D eigenvalue weighted by molar-refractivity contribution is 0.0908. The molecule has 1 aromatic rings. The summed E-state index contributed by atoms with van der Waals surface area (Å²) in [6, 6.07) is 6.08. The Hall–Kier alpha value is -1.44. The molecule has 0 saturated heterocycles. The Labute approximate surface area is 150 Å². The fourth-order valence-electron chi connectivity index (χ4n) is 3.15. The Morgan fingerprint density at radius 1 is 1.24 bits per heavy atom. The first kappa shape index (κ1) is 19.9. The Kier molecular flexibility index (Phi) is 6.59. The van der Waals surface area contributed by atoms with Gasteiger partial charge in [0.05, 0.1) is 4.90 Å². The van der Waals surface area contributed by atoms with Crippen molar-refractivity contribution >= 4 is 15.9 Å². The summed E-state index contributed by atoms with van der Waals surface area (Å²) < 4.78 is 26.2. The molecular weight excluding hydrogens is 338 g/mol. The van der Waals surface area contributed by atoms with E-state index in [1.54, 1.807) is 19.2 Å². The van der Waals surface area contributed by atoms with Gasteiger partial charge in [-0.25, -0.2) is 8.42 Å². The highest BCUT2D eigenvalue weighted by Crippen LogP contribution is 2.24. The summed E-state index contributed by atoms with van der Waals surface area (Å²) in [5, 5.41) is 3.06. The van der Waals surface area contributed by atoms with Gasteiger partial charge in [0.25, 0.3) is 5.91 Å². The van der Waals surface area contributed by atoms with E-state index < -0.39 is 10.0 Å². The maximum absolute atomic E-state index is 12.5. The zero-order valence-electron chi connectivity index (χ0n) is 15.2. The number of nitrogens with one attached hydrogen (secondary N) is 1. The van der Waals surface area contributed by atoms with Crippen LogP contribution in [0.2, 0.25) is 0 Å². The van der Waals surface area contributed by atoms with E-state index >= 15 is 0 Å². The molecule has 2 rings (SSSR count). The third-order valence-electron chi connectivity index (χ3n) is 5.05. The van der Waals surface area contributed by atoms with Crippen molar-refractivity contribution in [3.05, 3.63) is 29.8 Å². The van der Waals surface area contributed by atoms with Gasteiger partial charge in [0.2, 0.25) is 10.0 Å². The van der Waals surface area contributed by atoms with Crippen molar-refractivity contribution in [3.8, 4) is 0 Å². The molecule has 1 saturated carbocycles. The molecule has 0 heterocycles. The summed E-state index contributed by atoms with van der Waals surface area (Å²) in [4.78, 5) is 12.7. The third-order valence-corrected chi connectivity index (χ3v) is 7.10. The van der Waals surface area contributed by atoms with Gasteiger partial charge in [0.1, 0.15) is 0 Å². The smallest absolute Gasteiger partial charge is 0.251 e. The molecule has 6 nitrogen and oxygen atoms in total. The molecule has 2 unspecified atom stereocenters. The van der Waals surface area contributed by atoms with Gasteiger partial charge in [0, 0.05) is 24.7 Å². The molecule has 7 heteroatoms. The van der Waals surface area contributed by atoms with Crippen LogP contribution in [-0.4, -0.2) is 44.3 Å². The zero-order valence-corrected chi connectivity index (χ0v) is 16.1. The van der Waals surface area contributed by atoms with Gasteiger partial charge in [0.15, 0.2) is 0 Å². The summed E-state index contributed by atoms with van der Waals surface area (Å²) >= 11 is 0. The van der Waals surface area contributed by atoms with Gasteiger partial charge in [-0.15, -0.1) is 0 Å². The van der Waals surface area contributed by atoms with E-state index in [1.165, 1.54) is 16.4 Å². The third kappa shape index (κ3) is 4.59. The van der Waals surface area contributed by atoms with Gasteiger partial charge in [-0.3, -0.25) is 4.79 Å². The van der Waals surface area contributed by atoms with Gasteiger partial charge in [-0.05, 0) is 63.4 Å². The lowest BCUT2D eigenvalue weighted by atomic mass is 9.84. The van der Waals surface area contributed by atoms with Crippen LogP contribution in [0.4, 0.5) is 0 Å². The zero-order chi connectivity index (χ0) is 18.6. The first-order chi connectivity index (χ1) is 11.8. The van der Waals surface area contributed by atoms with E-state index in [1.807, 2.05) is 13.8 Å². The molecule has 1 fully saturated rings. The molecule has 140 valence electrons. The minimum absolute atomic E-state index is 0.0988. The van der Waals surface area contributed by atoms with Crippen molar-refractivity contribution in [2.24, 2.45) is 11.7 Å². The lowest BCUT2D eigenvalue weighted by Crippen LogP contribution is -2.44. The van der Waals surface area contributed by atoms with E-state index in [4.69, 9.17) is 5.73 Å². The molecule has 2 atom stereocenters. The van der Waals surface area contributed by atoms with Crippen molar-refractivity contribution in [1.29, 1.82) is 0 Å². The highest BCUT2D eigenvalue weighted by Gasteiger charge is 2.26. The predicted molar refractivity (Wildman–Crippen MR) is 98.8 cm³/mol. The number of nitrogens with zero attached hydrogens (tertiary/aromatic N) is 1. The second-order valence-corrected chi connectivity index (χ2v) is 9.00. The van der Waals surface area contributed by atoms with Crippen molar-refractivity contribution < 1.29 is 13.2 Å². The average Bonchev–Trinajstić information content (AvgIpc) is 2.61. The summed E-state index contributed by atoms with van der Waals surface area (Å²) in [6.45, 7) is 4.21. The van der Waals surface area contributed by atoms with Gasteiger partial charge in [-0.1, -0.05) is 12.8 Å². The van der Waals surface area contributed by atoms with E-state index in [9.17, 15) is 13.2 Å². The molecule has 0 aromatic heterocycles. The maximum Gasteiger partial charge on any atom is 0.251 e. The van der Waals surface area contributed by atoms with Crippen LogP contribution >= 0.6 is 0 Å². The number of rotatable bonds is 6. The molecule has 1 aliphatic carbocycles. The highest BCUT2D eigenvalue weighted by molar-refractivity contribution is 7.89. The number of hydrogen-bond acceptors (Lipinski definition) is 4. The first-order valence-corrected chi connectivity index (χ1v) is 10.3. The fourth-order valence-corrected chi connectivity index (χ4v) is 4.52. The van der Waals surface area contributed by atoms with Crippen LogP contribution in [0.25, 0.3) is 0 Å². The van der Waals surface area contributed by atoms with Crippen LogP contribution < -0.4 is 11.1 Å². The number of carbonyl (C=O) groups excluding carboxylic acids is 1. The van der Waals surface area contributed by atoms with Crippen LogP contribution in [0.3, 0.4) is 0 Å². The van der Waals surface area contributed by atoms with Gasteiger partial charge < -0.3 is 11.1 Å². The summed E-state index contributed by atoms with van der Waals surface area (Å²) in [5.41, 5.74) is 6.27. The standard InChI is InChI=1S/C18H29N3O3S/c1-13(2)21(3)25(23,24)16-10-8-14(9-11-16)18(22)20-17-7-5-4-6-15(17)12-19/h8-11,13,15,17H,4-7,12,19H2,1-3H3,(H,20,22). The lowest BCUT2D eigenvalue weighted by Gasteiger charge is -2.31. The molecule has 1 aliphatic rings. The Morgan fingerprint density at radius 3 is 2.40 bits per heavy atom. The SMILES string of the molecule is CC(C)N(C)S(=O)(=O)c1ccc(C(=O)NC2CCCCC2CN)cc1. The number of amides is 1. The average molecular weight is 368 g/mol. The molecule has 0 spiro atoms. The van der Waals surface area contributed by atoms with Crippen molar-refractivity contribution in [2.75, 3.05) is 13.6 Å². The van der Waals surface area contributed by atoms with Gasteiger partial charge >= 0.3 is 0 Å². The topological polar surface area (TPSA) is 92.5 Å². The second-order valence-electron chi connectivity index (χ2n) is 7.00. The van der Waals surface area contributed by atoms with Crippen LogP contribution in [0.15, 0.2) is 29.2 Å². The van der Waals surface area contributed by atoms with Gasteiger partial charge in [-0.2, -0.15) is 4.31 Å². The molecule has 1 aromatic carbocycles. The van der Waals surface area contributed by atoms with E-state index in [-0.39, 0.29) is 22.9 Å². The largest absolute Gasteiger partial charge is 0.349 e. The van der Waals surface area contributed by atoms with Crippen LogP contribution in [0, 0.1) is 5.92 Å². The Balaban J connectivity index is 2.10. The number of sulfonamides is 1. The molecular formula is C18H29N3O3S. The summed E-state index contributed by atoms with van der Waals surface area (Å²) in [6.07, 6.45) is 4.24. The fraction of sp³-hybridized carbons (Fsp3) is 0.611. The van der Waals surface area contributed by atoms with E-state index in [2.05, 4.69) is 5.32 Å². The molecule has 1 amide bonds. The normalized spacial score (nSPS) is 21.5. The van der Waals surface area contributed by atoms with Crippen LogP contribution in [-0.2, 0) is 10.0 Å². The summed E-state index contributed by atoms with van der Waals surface area (Å²) in [5.74, 6) is 0.142. The number of hydrogen-bond donors (Lipinski definition) is 2. The van der Waals surface area contributed by atoms with Crippen molar-refractivity contribution in [3.63, 3.8) is 0 Å². The second kappa shape index (κ2) is 8.29. The van der Waals surface area contributed by atoms with Crippen LogP contribution in [0.1, 0.15) is 49.9 Å². The van der Waals surface area contributed by atoms with Crippen LogP contribution in [0.5, 0.6) is 0 Å². The molecule has 0 radical (unpaired) electrons. The monoisotopic (exact) mass is 367 g/mol. The van der Waals surface area contributed by atoms with E-state index in [0.717, 1.165) is 25.7 Å².